The SMILES string of the molecule is CC1CCc2ccc(CCCCO[C@@H]3CCN(C(C(=O)O)c4cc(F)ccc4[C@@H]4CCCCO4)C3)nc2C1.CC1CCc2ccc(Cl)nc2C1. The van der Waals surface area contributed by atoms with Gasteiger partial charge >= 0.3 is 5.97 Å². The van der Waals surface area contributed by atoms with Gasteiger partial charge in [0.1, 0.15) is 17.0 Å². The van der Waals surface area contributed by atoms with Crippen molar-refractivity contribution < 1.29 is 23.8 Å². The van der Waals surface area contributed by atoms with Gasteiger partial charge < -0.3 is 14.6 Å². The van der Waals surface area contributed by atoms with Crippen LogP contribution < -0.4 is 0 Å². The number of ether oxygens (including phenoxy) is 2. The molecule has 50 heavy (non-hydrogen) atoms. The van der Waals surface area contributed by atoms with E-state index in [0.29, 0.717) is 37.0 Å². The molecule has 0 radical (unpaired) electrons. The molecule has 0 spiro atoms. The molecule has 4 heterocycles. The Hall–Kier alpha value is -2.91. The average molecular weight is 706 g/mol. The first kappa shape index (κ1) is 36.9. The molecule has 2 aromatic heterocycles. The van der Waals surface area contributed by atoms with Crippen LogP contribution in [0.3, 0.4) is 0 Å². The highest BCUT2D eigenvalue weighted by Crippen LogP contribution is 2.37. The van der Waals surface area contributed by atoms with Gasteiger partial charge in [-0.2, -0.15) is 0 Å². The smallest absolute Gasteiger partial charge is 0.325 e. The molecule has 2 fully saturated rings. The van der Waals surface area contributed by atoms with Gasteiger partial charge in [-0.1, -0.05) is 43.6 Å². The molecule has 2 aliphatic carbocycles. The summed E-state index contributed by atoms with van der Waals surface area (Å²) in [5.74, 6) is 0.114. The van der Waals surface area contributed by atoms with E-state index in [1.54, 1.807) is 6.07 Å². The van der Waals surface area contributed by atoms with Crippen LogP contribution in [0.5, 0.6) is 0 Å². The van der Waals surface area contributed by atoms with E-state index >= 15 is 0 Å². The number of rotatable bonds is 10. The topological polar surface area (TPSA) is 84.8 Å². The Labute approximate surface area is 302 Å². The van der Waals surface area contributed by atoms with Crippen molar-refractivity contribution in [3.8, 4) is 0 Å². The van der Waals surface area contributed by atoms with Crippen molar-refractivity contribution >= 4 is 17.6 Å². The molecule has 7 nitrogen and oxygen atoms in total. The van der Waals surface area contributed by atoms with Crippen LogP contribution in [0.15, 0.2) is 42.5 Å². The Bertz CT molecular complexity index is 1600. The number of carbonyl (C=O) groups is 1. The molecule has 3 unspecified atom stereocenters. The second-order valence-corrected chi connectivity index (χ2v) is 15.3. The lowest BCUT2D eigenvalue weighted by Gasteiger charge is -2.30. The Balaban J connectivity index is 0.000000302. The molecule has 5 atom stereocenters. The minimum Gasteiger partial charge on any atom is -0.480 e. The number of fused-ring (bicyclic) bond motifs is 2. The van der Waals surface area contributed by atoms with Gasteiger partial charge in [0.15, 0.2) is 0 Å². The molecule has 4 aliphatic rings. The Morgan fingerprint density at radius 1 is 0.980 bits per heavy atom. The molecule has 1 N–H and O–H groups in total. The highest BCUT2D eigenvalue weighted by molar-refractivity contribution is 6.29. The summed E-state index contributed by atoms with van der Waals surface area (Å²) in [6.07, 6.45) is 13.4. The van der Waals surface area contributed by atoms with Crippen molar-refractivity contribution in [3.63, 3.8) is 0 Å². The number of unbranched alkanes of at least 4 members (excludes halogenated alkanes) is 1. The Kier molecular flexibility index (Phi) is 12.9. The summed E-state index contributed by atoms with van der Waals surface area (Å²) in [6.45, 7) is 7.02. The fourth-order valence-electron chi connectivity index (χ4n) is 8.03. The summed E-state index contributed by atoms with van der Waals surface area (Å²) in [5, 5.41) is 10.8. The van der Waals surface area contributed by atoms with Gasteiger partial charge in [-0.25, -0.2) is 9.37 Å². The van der Waals surface area contributed by atoms with Crippen LogP contribution >= 0.6 is 11.6 Å². The van der Waals surface area contributed by atoms with E-state index in [2.05, 4.69) is 37.0 Å². The van der Waals surface area contributed by atoms with Gasteiger partial charge in [-0.3, -0.25) is 14.7 Å². The van der Waals surface area contributed by atoms with Crippen LogP contribution in [-0.4, -0.2) is 58.4 Å². The van der Waals surface area contributed by atoms with Crippen molar-refractivity contribution in [2.75, 3.05) is 26.3 Å². The van der Waals surface area contributed by atoms with Crippen molar-refractivity contribution in [3.05, 3.63) is 92.8 Å². The predicted molar refractivity (Wildman–Crippen MR) is 194 cm³/mol. The Morgan fingerprint density at radius 2 is 1.72 bits per heavy atom. The van der Waals surface area contributed by atoms with E-state index in [-0.39, 0.29) is 12.2 Å². The van der Waals surface area contributed by atoms with Crippen LogP contribution in [0.25, 0.3) is 0 Å². The number of aliphatic carboxylic acids is 1. The third-order valence-corrected chi connectivity index (χ3v) is 11.1. The first-order valence-electron chi connectivity index (χ1n) is 18.8. The van der Waals surface area contributed by atoms with E-state index in [1.807, 2.05) is 11.0 Å². The van der Waals surface area contributed by atoms with Gasteiger partial charge in [0.2, 0.25) is 0 Å². The molecular formula is C41H53ClFN3O4. The highest BCUT2D eigenvalue weighted by Gasteiger charge is 2.37. The van der Waals surface area contributed by atoms with Crippen LogP contribution in [0, 0.1) is 17.7 Å². The van der Waals surface area contributed by atoms with E-state index in [1.165, 1.54) is 59.6 Å². The molecule has 2 aliphatic heterocycles. The Morgan fingerprint density at radius 3 is 2.44 bits per heavy atom. The number of carboxylic acid groups (broad SMARTS) is 1. The lowest BCUT2D eigenvalue weighted by molar-refractivity contribution is -0.143. The third-order valence-electron chi connectivity index (χ3n) is 10.9. The maximum atomic E-state index is 14.3. The molecular weight excluding hydrogens is 653 g/mol. The lowest BCUT2D eigenvalue weighted by atomic mass is 9.88. The van der Waals surface area contributed by atoms with Crippen molar-refractivity contribution in [2.24, 2.45) is 11.8 Å². The van der Waals surface area contributed by atoms with Crippen LogP contribution in [0.4, 0.5) is 4.39 Å². The molecule has 270 valence electrons. The largest absolute Gasteiger partial charge is 0.480 e. The number of aryl methyl sites for hydroxylation is 3. The quantitative estimate of drug-likeness (QED) is 0.167. The number of hydrogen-bond acceptors (Lipinski definition) is 6. The zero-order valence-electron chi connectivity index (χ0n) is 29.7. The van der Waals surface area contributed by atoms with Crippen LogP contribution in [0.1, 0.15) is 117 Å². The van der Waals surface area contributed by atoms with Crippen molar-refractivity contribution in [1.82, 2.24) is 14.9 Å². The van der Waals surface area contributed by atoms with Gasteiger partial charge in [-0.05, 0) is 142 Å². The molecule has 7 rings (SSSR count). The van der Waals surface area contributed by atoms with Gasteiger partial charge in [0.25, 0.3) is 0 Å². The first-order chi connectivity index (χ1) is 24.2. The molecule has 0 amide bonds. The number of likely N-dealkylation sites (tertiary alicyclic amines) is 1. The summed E-state index contributed by atoms with van der Waals surface area (Å²) >= 11 is 5.81. The molecule has 0 saturated carbocycles. The first-order valence-corrected chi connectivity index (χ1v) is 19.2. The van der Waals surface area contributed by atoms with Gasteiger partial charge in [-0.15, -0.1) is 0 Å². The standard InChI is InChI=1S/C31H41FN2O4.C10H12ClN/c1-21-8-9-22-10-12-24(33-28(22)18-21)6-2-4-16-37-25-14-15-34(20-25)30(31(35)36)27-19-23(32)11-13-26(27)29-7-3-5-17-38-29;1-7-2-3-8-4-5-10(11)12-9(8)6-7/h10-13,19,21,25,29-30H,2-9,14-18,20H2,1H3,(H,35,36);4-5,7H,2-3,6H2,1H3/t21?,25-,29+,30?;/m1./s1. The summed E-state index contributed by atoms with van der Waals surface area (Å²) < 4.78 is 26.4. The summed E-state index contributed by atoms with van der Waals surface area (Å²) in [7, 11) is 0. The van der Waals surface area contributed by atoms with E-state index < -0.39 is 17.8 Å². The second kappa shape index (κ2) is 17.5. The number of hydrogen-bond donors (Lipinski definition) is 1. The third kappa shape index (κ3) is 9.69. The monoisotopic (exact) mass is 705 g/mol. The number of halogens is 2. The average Bonchev–Trinajstić information content (AvgIpc) is 3.56. The number of pyridine rings is 2. The zero-order chi connectivity index (χ0) is 35.0. The predicted octanol–water partition coefficient (Wildman–Crippen LogP) is 8.69. The van der Waals surface area contributed by atoms with Gasteiger partial charge in [0.05, 0.1) is 12.2 Å². The van der Waals surface area contributed by atoms with Crippen LogP contribution in [0.2, 0.25) is 5.15 Å². The molecule has 3 aromatic rings. The fourth-order valence-corrected chi connectivity index (χ4v) is 8.19. The molecule has 2 saturated heterocycles. The molecule has 0 bridgehead atoms. The van der Waals surface area contributed by atoms with Crippen molar-refractivity contribution in [1.29, 1.82) is 0 Å². The van der Waals surface area contributed by atoms with E-state index in [9.17, 15) is 14.3 Å². The summed E-state index contributed by atoms with van der Waals surface area (Å²) in [5.41, 5.74) is 7.77. The summed E-state index contributed by atoms with van der Waals surface area (Å²) in [4.78, 5) is 23.6. The molecule has 9 heteroatoms. The maximum Gasteiger partial charge on any atom is 0.325 e. The van der Waals surface area contributed by atoms with E-state index in [0.717, 1.165) is 81.6 Å². The van der Waals surface area contributed by atoms with E-state index in [4.69, 9.17) is 26.1 Å². The highest BCUT2D eigenvalue weighted by atomic mass is 35.5. The number of aromatic nitrogens is 2. The minimum absolute atomic E-state index is 0.0110. The molecule has 1 aromatic carbocycles. The maximum absolute atomic E-state index is 14.3. The minimum atomic E-state index is -0.958. The second-order valence-electron chi connectivity index (χ2n) is 14.9. The number of carboxylic acids is 1. The number of benzene rings is 1. The normalized spacial score (nSPS) is 24.1. The summed E-state index contributed by atoms with van der Waals surface area (Å²) in [6, 6.07) is 12.0. The van der Waals surface area contributed by atoms with Gasteiger partial charge in [0, 0.05) is 43.4 Å². The zero-order valence-corrected chi connectivity index (χ0v) is 30.5. The van der Waals surface area contributed by atoms with Crippen LogP contribution in [-0.2, 0) is 46.4 Å². The lowest BCUT2D eigenvalue weighted by Crippen LogP contribution is -2.34. The van der Waals surface area contributed by atoms with Crippen molar-refractivity contribution in [2.45, 2.75) is 116 Å². The number of nitrogens with zero attached hydrogens (tertiary/aromatic N) is 3. The fraction of sp³-hybridized carbons (Fsp3) is 0.585.